The molecule has 2 bridgehead atoms. The second kappa shape index (κ2) is 4.07. The summed E-state index contributed by atoms with van der Waals surface area (Å²) in [6.45, 7) is 4.29. The highest BCUT2D eigenvalue weighted by Crippen LogP contribution is 2.33. The van der Waals surface area contributed by atoms with Crippen LogP contribution in [-0.2, 0) is 9.84 Å². The second-order valence-corrected chi connectivity index (χ2v) is 8.00. The van der Waals surface area contributed by atoms with E-state index in [1.165, 1.54) is 0 Å². The fourth-order valence-electron chi connectivity index (χ4n) is 3.21. The number of sulfone groups is 1. The third-order valence-corrected chi connectivity index (χ3v) is 6.24. The molecule has 2 fully saturated rings. The predicted octanol–water partition coefficient (Wildman–Crippen LogP) is 1.31. The number of likely N-dealkylation sites (tertiary alicyclic amines) is 1. The van der Waals surface area contributed by atoms with Crippen LogP contribution in [0.25, 0.3) is 0 Å². The van der Waals surface area contributed by atoms with E-state index in [2.05, 4.69) is 0 Å². The van der Waals surface area contributed by atoms with E-state index in [0.29, 0.717) is 18.5 Å². The molecule has 1 aromatic carbocycles. The molecule has 3 rings (SSSR count). The number of benzene rings is 1. The molecule has 2 aliphatic heterocycles. The largest absolute Gasteiger partial charge is 0.333 e. The van der Waals surface area contributed by atoms with Crippen molar-refractivity contribution in [3.63, 3.8) is 0 Å². The fraction of sp³-hybridized carbons (Fsp3) is 0.500. The van der Waals surface area contributed by atoms with Gasteiger partial charge in [-0.25, -0.2) is 8.42 Å². The maximum atomic E-state index is 12.5. The highest BCUT2D eigenvalue weighted by atomic mass is 32.2. The normalized spacial score (nSPS) is 27.8. The lowest BCUT2D eigenvalue weighted by Gasteiger charge is -2.27. The number of aryl methyl sites for hydroxylation is 2. The van der Waals surface area contributed by atoms with Gasteiger partial charge in [-0.3, -0.25) is 4.79 Å². The Balaban J connectivity index is 1.87. The quantitative estimate of drug-likeness (QED) is 0.779. The van der Waals surface area contributed by atoms with Gasteiger partial charge in [-0.15, -0.1) is 0 Å². The Morgan fingerprint density at radius 1 is 1.21 bits per heavy atom. The minimum atomic E-state index is -2.95. The standard InChI is InChI=1S/C14H17NO3S/c1-9-3-10(2)5-11(4-9)14(16)15-7-13-6-12(15)8-19(13,17)18/h3-5,12-13H,6-8H2,1-2H3. The Hall–Kier alpha value is -1.36. The average molecular weight is 279 g/mol. The van der Waals surface area contributed by atoms with Gasteiger partial charge in [-0.05, 0) is 32.4 Å². The van der Waals surface area contributed by atoms with Gasteiger partial charge >= 0.3 is 0 Å². The Morgan fingerprint density at radius 3 is 2.32 bits per heavy atom. The molecule has 1 aromatic rings. The average Bonchev–Trinajstić information content (AvgIpc) is 2.82. The van der Waals surface area contributed by atoms with Gasteiger partial charge in [0.1, 0.15) is 0 Å². The fourth-order valence-corrected chi connectivity index (χ4v) is 5.24. The van der Waals surface area contributed by atoms with Gasteiger partial charge in [-0.2, -0.15) is 0 Å². The molecule has 2 atom stereocenters. The molecule has 0 saturated carbocycles. The maximum absolute atomic E-state index is 12.5. The van der Waals surface area contributed by atoms with E-state index < -0.39 is 9.84 Å². The van der Waals surface area contributed by atoms with Gasteiger partial charge in [0.15, 0.2) is 9.84 Å². The summed E-state index contributed by atoms with van der Waals surface area (Å²) < 4.78 is 23.4. The summed E-state index contributed by atoms with van der Waals surface area (Å²) in [5.74, 6) is 0.1000. The number of carbonyl (C=O) groups is 1. The molecule has 0 radical (unpaired) electrons. The topological polar surface area (TPSA) is 54.5 Å². The number of nitrogens with zero attached hydrogens (tertiary/aromatic N) is 1. The molecule has 0 N–H and O–H groups in total. The lowest BCUT2D eigenvalue weighted by molar-refractivity contribution is 0.0745. The Morgan fingerprint density at radius 2 is 1.84 bits per heavy atom. The van der Waals surface area contributed by atoms with Gasteiger partial charge < -0.3 is 4.90 Å². The van der Waals surface area contributed by atoms with Crippen molar-refractivity contribution in [2.75, 3.05) is 12.3 Å². The Labute approximate surface area is 113 Å². The first-order valence-electron chi connectivity index (χ1n) is 6.47. The molecule has 4 nitrogen and oxygen atoms in total. The number of hydrogen-bond donors (Lipinski definition) is 0. The molecular weight excluding hydrogens is 262 g/mol. The van der Waals surface area contributed by atoms with Crippen molar-refractivity contribution in [1.29, 1.82) is 0 Å². The van der Waals surface area contributed by atoms with Crippen LogP contribution in [0.5, 0.6) is 0 Å². The SMILES string of the molecule is Cc1cc(C)cc(C(=O)N2CC3CC2CS3(=O)=O)c1. The minimum absolute atomic E-state index is 0.0331. The van der Waals surface area contributed by atoms with Crippen LogP contribution >= 0.6 is 0 Å². The number of rotatable bonds is 1. The first-order chi connectivity index (χ1) is 8.87. The molecule has 5 heteroatoms. The van der Waals surface area contributed by atoms with E-state index in [1.54, 1.807) is 4.90 Å². The van der Waals surface area contributed by atoms with Crippen molar-refractivity contribution in [3.8, 4) is 0 Å². The van der Waals surface area contributed by atoms with Crippen LogP contribution < -0.4 is 0 Å². The maximum Gasteiger partial charge on any atom is 0.254 e. The minimum Gasteiger partial charge on any atom is -0.333 e. The van der Waals surface area contributed by atoms with Crippen molar-refractivity contribution in [1.82, 2.24) is 4.90 Å². The molecule has 0 aromatic heterocycles. The summed E-state index contributed by atoms with van der Waals surface area (Å²) in [4.78, 5) is 14.2. The van der Waals surface area contributed by atoms with Crippen LogP contribution in [0, 0.1) is 13.8 Å². The van der Waals surface area contributed by atoms with Gasteiger partial charge in [-0.1, -0.05) is 17.2 Å². The molecule has 2 saturated heterocycles. The summed E-state index contributed by atoms with van der Waals surface area (Å²) in [5.41, 5.74) is 2.78. The molecule has 0 aliphatic carbocycles. The van der Waals surface area contributed by atoms with E-state index in [9.17, 15) is 13.2 Å². The number of carbonyl (C=O) groups excluding carboxylic acids is 1. The van der Waals surface area contributed by atoms with Crippen LogP contribution in [0.15, 0.2) is 18.2 Å². The molecule has 19 heavy (non-hydrogen) atoms. The van der Waals surface area contributed by atoms with Crippen molar-refractivity contribution >= 4 is 15.7 Å². The van der Waals surface area contributed by atoms with Crippen LogP contribution in [-0.4, -0.2) is 42.8 Å². The van der Waals surface area contributed by atoms with Crippen molar-refractivity contribution in [3.05, 3.63) is 34.9 Å². The molecular formula is C14H17NO3S. The molecule has 2 heterocycles. The van der Waals surface area contributed by atoms with Gasteiger partial charge in [0, 0.05) is 18.2 Å². The van der Waals surface area contributed by atoms with Crippen LogP contribution in [0.4, 0.5) is 0 Å². The lowest BCUT2D eigenvalue weighted by atomic mass is 10.1. The van der Waals surface area contributed by atoms with Crippen LogP contribution in [0.1, 0.15) is 27.9 Å². The Bertz CT molecular complexity index is 630. The summed E-state index contributed by atoms with van der Waals surface area (Å²) in [6.07, 6.45) is 0.610. The van der Waals surface area contributed by atoms with E-state index in [4.69, 9.17) is 0 Å². The smallest absolute Gasteiger partial charge is 0.254 e. The van der Waals surface area contributed by atoms with E-state index in [0.717, 1.165) is 11.1 Å². The first-order valence-corrected chi connectivity index (χ1v) is 8.19. The summed E-state index contributed by atoms with van der Waals surface area (Å²) in [7, 11) is -2.95. The molecule has 1 amide bonds. The highest BCUT2D eigenvalue weighted by molar-refractivity contribution is 7.92. The number of fused-ring (bicyclic) bond motifs is 2. The summed E-state index contributed by atoms with van der Waals surface area (Å²) >= 11 is 0. The molecule has 102 valence electrons. The molecule has 2 unspecified atom stereocenters. The van der Waals surface area contributed by atoms with Crippen molar-refractivity contribution in [2.45, 2.75) is 31.6 Å². The van der Waals surface area contributed by atoms with Gasteiger partial charge in [0.2, 0.25) is 0 Å². The van der Waals surface area contributed by atoms with Gasteiger partial charge in [0.05, 0.1) is 11.0 Å². The zero-order chi connectivity index (χ0) is 13.8. The summed E-state index contributed by atoms with van der Waals surface area (Å²) in [5, 5.41) is -0.340. The van der Waals surface area contributed by atoms with Crippen molar-refractivity contribution < 1.29 is 13.2 Å². The predicted molar refractivity (Wildman–Crippen MR) is 72.9 cm³/mol. The third kappa shape index (κ3) is 2.06. The van der Waals surface area contributed by atoms with Crippen LogP contribution in [0.3, 0.4) is 0 Å². The first kappa shape index (κ1) is 12.7. The van der Waals surface area contributed by atoms with E-state index in [-0.39, 0.29) is 23.0 Å². The second-order valence-electron chi connectivity index (χ2n) is 5.67. The Kier molecular flexibility index (Phi) is 2.71. The zero-order valence-corrected chi connectivity index (χ0v) is 11.9. The van der Waals surface area contributed by atoms with Crippen LogP contribution in [0.2, 0.25) is 0 Å². The highest BCUT2D eigenvalue weighted by Gasteiger charge is 2.50. The third-order valence-electron chi connectivity index (χ3n) is 4.04. The van der Waals surface area contributed by atoms with Crippen molar-refractivity contribution in [2.24, 2.45) is 0 Å². The van der Waals surface area contributed by atoms with Gasteiger partial charge in [0.25, 0.3) is 5.91 Å². The number of amides is 1. The summed E-state index contributed by atoms with van der Waals surface area (Å²) in [6, 6.07) is 5.64. The molecule has 0 spiro atoms. The lowest BCUT2D eigenvalue weighted by Crippen LogP contribution is -2.44. The monoisotopic (exact) mass is 279 g/mol. The zero-order valence-electron chi connectivity index (χ0n) is 11.1. The van der Waals surface area contributed by atoms with E-state index >= 15 is 0 Å². The number of hydrogen-bond acceptors (Lipinski definition) is 3. The molecule has 2 aliphatic rings. The van der Waals surface area contributed by atoms with E-state index in [1.807, 2.05) is 32.0 Å².